The zero-order valence-electron chi connectivity index (χ0n) is 20.8. The summed E-state index contributed by atoms with van der Waals surface area (Å²) in [6.45, 7) is 0.0871. The van der Waals surface area contributed by atoms with Gasteiger partial charge >= 0.3 is 36.2 Å². The second-order valence-electron chi connectivity index (χ2n) is 7.88. The van der Waals surface area contributed by atoms with Gasteiger partial charge in [0.05, 0.1) is 16.7 Å². The van der Waals surface area contributed by atoms with Crippen molar-refractivity contribution in [2.45, 2.75) is 12.7 Å². The Balaban J connectivity index is 1.89. The highest BCUT2D eigenvalue weighted by Gasteiger charge is 2.57. The number of amides is 3. The summed E-state index contributed by atoms with van der Waals surface area (Å²) in [5.74, 6) is -8.60. The Morgan fingerprint density at radius 1 is 0.488 bits per heavy atom. The molecule has 15 heteroatoms. The number of esters is 3. The minimum atomic E-state index is -4.14. The maximum absolute atomic E-state index is 15.3. The maximum Gasteiger partial charge on any atom is 0.450 e. The number of carbonyl (C=O) groups excluding carboxylic acids is 6. The Morgan fingerprint density at radius 3 is 0.927 bits per heavy atom. The summed E-state index contributed by atoms with van der Waals surface area (Å²) in [7, 11) is 0. The van der Waals surface area contributed by atoms with E-state index in [1.165, 1.54) is 54.6 Å². The fourth-order valence-electron chi connectivity index (χ4n) is 3.01. The number of halogens is 3. The number of hydrogen-bond acceptors (Lipinski definition) is 9. The largest absolute Gasteiger partial charge is 0.450 e. The van der Waals surface area contributed by atoms with E-state index in [9.17, 15) is 28.8 Å². The number of benzene rings is 3. The SMILES string of the molecule is CC(N(F)C(=O)OC(=O)c1ccccc1)(N(F)C(=O)OC(=O)c1ccccc1)N(F)C(=O)OC(=O)c1ccccc1. The van der Waals surface area contributed by atoms with Crippen LogP contribution in [0.4, 0.5) is 27.8 Å². The fraction of sp³-hybridized carbons (Fsp3) is 0.0769. The number of carbonyl (C=O) groups is 6. The fourth-order valence-corrected chi connectivity index (χ4v) is 3.01. The molecule has 0 aliphatic carbocycles. The number of nitrogens with zero attached hydrogens (tertiary/aromatic N) is 3. The van der Waals surface area contributed by atoms with Crippen molar-refractivity contribution in [3.05, 3.63) is 108 Å². The van der Waals surface area contributed by atoms with E-state index in [1.807, 2.05) is 0 Å². The molecule has 0 aliphatic heterocycles. The van der Waals surface area contributed by atoms with Gasteiger partial charge < -0.3 is 14.2 Å². The predicted octanol–water partition coefficient (Wildman–Crippen LogP) is 5.15. The first-order valence-electron chi connectivity index (χ1n) is 11.3. The first kappa shape index (κ1) is 29.8. The maximum atomic E-state index is 15.3. The van der Waals surface area contributed by atoms with Gasteiger partial charge in [-0.25, -0.2) is 28.8 Å². The van der Waals surface area contributed by atoms with Gasteiger partial charge in [-0.1, -0.05) is 83.4 Å². The molecule has 0 heterocycles. The quantitative estimate of drug-likeness (QED) is 0.129. The third-order valence-corrected chi connectivity index (χ3v) is 5.17. The average molecular weight is 573 g/mol. The second kappa shape index (κ2) is 12.9. The van der Waals surface area contributed by atoms with Crippen molar-refractivity contribution in [2.75, 3.05) is 0 Å². The highest BCUT2D eigenvalue weighted by molar-refractivity contribution is 5.98. The topological polar surface area (TPSA) is 140 Å². The van der Waals surface area contributed by atoms with Crippen LogP contribution >= 0.6 is 0 Å². The van der Waals surface area contributed by atoms with Crippen LogP contribution in [-0.4, -0.2) is 57.3 Å². The van der Waals surface area contributed by atoms with Crippen molar-refractivity contribution in [1.29, 1.82) is 0 Å². The summed E-state index contributed by atoms with van der Waals surface area (Å²) in [6.07, 6.45) is -7.26. The van der Waals surface area contributed by atoms with Crippen LogP contribution in [0.3, 0.4) is 0 Å². The molecule has 0 spiro atoms. The Kier molecular flexibility index (Phi) is 9.37. The molecule has 0 atom stereocenters. The van der Waals surface area contributed by atoms with Crippen molar-refractivity contribution < 1.29 is 56.4 Å². The molecule has 0 aromatic heterocycles. The van der Waals surface area contributed by atoms with Gasteiger partial charge in [0, 0.05) is 6.92 Å². The lowest BCUT2D eigenvalue weighted by atomic mass is 10.2. The summed E-state index contributed by atoms with van der Waals surface area (Å²) in [6, 6.07) is 19.5. The third kappa shape index (κ3) is 6.83. The Bertz CT molecular complexity index is 1270. The van der Waals surface area contributed by atoms with Gasteiger partial charge in [-0.2, -0.15) is 0 Å². The first-order valence-corrected chi connectivity index (χ1v) is 11.3. The molecule has 3 aromatic rings. The predicted molar refractivity (Wildman–Crippen MR) is 129 cm³/mol. The zero-order chi connectivity index (χ0) is 30.2. The van der Waals surface area contributed by atoms with Crippen LogP contribution in [-0.2, 0) is 14.2 Å². The van der Waals surface area contributed by atoms with Crippen LogP contribution < -0.4 is 0 Å². The van der Waals surface area contributed by atoms with Crippen molar-refractivity contribution in [2.24, 2.45) is 0 Å². The Labute approximate surface area is 228 Å². The summed E-state index contributed by atoms with van der Waals surface area (Å²) in [5.41, 5.74) is -0.859. The van der Waals surface area contributed by atoms with E-state index >= 15 is 13.4 Å². The van der Waals surface area contributed by atoms with Gasteiger partial charge in [-0.05, 0) is 36.4 Å². The van der Waals surface area contributed by atoms with Gasteiger partial charge in [0.1, 0.15) is 0 Å². The molecule has 0 aliphatic rings. The summed E-state index contributed by atoms with van der Waals surface area (Å²) in [5, 5.41) is -4.55. The van der Waals surface area contributed by atoms with Gasteiger partial charge in [0.2, 0.25) is 0 Å². The van der Waals surface area contributed by atoms with E-state index in [2.05, 4.69) is 14.2 Å². The highest BCUT2D eigenvalue weighted by Crippen LogP contribution is 2.30. The van der Waals surface area contributed by atoms with Crippen LogP contribution in [0.5, 0.6) is 0 Å². The van der Waals surface area contributed by atoms with E-state index < -0.39 is 57.3 Å². The summed E-state index contributed by atoms with van der Waals surface area (Å²) >= 11 is 0. The standard InChI is InChI=1S/C26H18F3N3O9/c1-26(30(27)23(36)39-20(33)17-11-5-2-6-12-17,31(28)24(37)40-21(34)18-13-7-3-8-14-18)32(29)25(38)41-22(35)19-15-9-4-10-16-19/h2-16H,1H3. The Morgan fingerprint density at radius 2 is 0.707 bits per heavy atom. The number of rotatable bonds is 6. The molecule has 12 nitrogen and oxygen atoms in total. The smallest absolute Gasteiger partial charge is 0.371 e. The van der Waals surface area contributed by atoms with Crippen LogP contribution in [0.15, 0.2) is 91.0 Å². The normalized spacial score (nSPS) is 10.5. The average Bonchev–Trinajstić information content (AvgIpc) is 3.00. The molecule has 41 heavy (non-hydrogen) atoms. The van der Waals surface area contributed by atoms with Crippen LogP contribution in [0.2, 0.25) is 0 Å². The molecular formula is C26H18F3N3O9. The molecule has 0 bridgehead atoms. The van der Waals surface area contributed by atoms with Crippen molar-refractivity contribution >= 4 is 36.2 Å². The lowest BCUT2D eigenvalue weighted by Gasteiger charge is -2.38. The minimum Gasteiger partial charge on any atom is -0.371 e. The van der Waals surface area contributed by atoms with Gasteiger partial charge in [0.25, 0.3) is 5.79 Å². The molecule has 0 N–H and O–H groups in total. The molecule has 0 unspecified atom stereocenters. The number of ether oxygens (including phenoxy) is 3. The lowest BCUT2D eigenvalue weighted by molar-refractivity contribution is -0.282. The molecule has 0 fully saturated rings. The molecule has 0 radical (unpaired) electrons. The molecule has 0 saturated carbocycles. The van der Waals surface area contributed by atoms with Gasteiger partial charge in [-0.3, -0.25) is 0 Å². The minimum absolute atomic E-state index is 0.0871. The van der Waals surface area contributed by atoms with E-state index in [4.69, 9.17) is 0 Å². The molecule has 3 rings (SSSR count). The molecule has 212 valence electrons. The molecule has 0 saturated heterocycles. The van der Waals surface area contributed by atoms with Crippen molar-refractivity contribution in [3.63, 3.8) is 0 Å². The van der Waals surface area contributed by atoms with Crippen LogP contribution in [0, 0.1) is 0 Å². The Hall–Kier alpha value is -5.73. The van der Waals surface area contributed by atoms with E-state index in [0.717, 1.165) is 36.4 Å². The van der Waals surface area contributed by atoms with Crippen LogP contribution in [0.25, 0.3) is 0 Å². The van der Waals surface area contributed by atoms with Crippen molar-refractivity contribution in [1.82, 2.24) is 15.4 Å². The van der Waals surface area contributed by atoms with Gasteiger partial charge in [-0.15, -0.1) is 0 Å². The van der Waals surface area contributed by atoms with Crippen LogP contribution in [0.1, 0.15) is 38.0 Å². The summed E-state index contributed by atoms with van der Waals surface area (Å²) in [4.78, 5) is 73.7. The monoisotopic (exact) mass is 573 g/mol. The first-order chi connectivity index (χ1) is 19.5. The molecular weight excluding hydrogens is 555 g/mol. The molecule has 3 aromatic carbocycles. The zero-order valence-corrected chi connectivity index (χ0v) is 20.8. The molecule has 3 amide bonds. The lowest BCUT2D eigenvalue weighted by Crippen LogP contribution is -2.65. The third-order valence-electron chi connectivity index (χ3n) is 5.17. The van der Waals surface area contributed by atoms with Crippen molar-refractivity contribution in [3.8, 4) is 0 Å². The highest BCUT2D eigenvalue weighted by atomic mass is 19.2. The van der Waals surface area contributed by atoms with E-state index in [-0.39, 0.29) is 23.6 Å². The van der Waals surface area contributed by atoms with Gasteiger partial charge in [0.15, 0.2) is 0 Å². The second-order valence-corrected chi connectivity index (χ2v) is 7.88. The number of hydrogen-bond donors (Lipinski definition) is 0. The summed E-state index contributed by atoms with van der Waals surface area (Å²) < 4.78 is 58.7. The van der Waals surface area contributed by atoms with E-state index in [0.29, 0.717) is 0 Å². The van der Waals surface area contributed by atoms with E-state index in [1.54, 1.807) is 0 Å².